The number of alkyl halides is 6. The number of hydrogen-bond donors (Lipinski definition) is 0. The number of halogens is 7. The Morgan fingerprint density at radius 2 is 1.66 bits per heavy atom. The summed E-state index contributed by atoms with van der Waals surface area (Å²) in [5.74, 6) is 0. The Kier molecular flexibility index (Phi) is 5.39. The van der Waals surface area contributed by atoms with Crippen molar-refractivity contribution in [1.29, 1.82) is 0 Å². The summed E-state index contributed by atoms with van der Waals surface area (Å²) >= 11 is 3.51. The minimum absolute atomic E-state index is 0.0631. The lowest BCUT2D eigenvalue weighted by Gasteiger charge is -2.23. The molecule has 3 unspecified atom stereocenters. The van der Waals surface area contributed by atoms with Crippen LogP contribution in [0.1, 0.15) is 52.9 Å². The zero-order chi connectivity index (χ0) is 25.4. The molecule has 0 bridgehead atoms. The summed E-state index contributed by atoms with van der Waals surface area (Å²) in [6.07, 6.45) is -9.38. The molecule has 2 saturated heterocycles. The summed E-state index contributed by atoms with van der Waals surface area (Å²) in [6, 6.07) is 1.93. The highest BCUT2D eigenvalue weighted by atomic mass is 79.9. The molecular formula is C23H18BrF6N3O2. The van der Waals surface area contributed by atoms with E-state index in [1.54, 1.807) is 0 Å². The molecule has 2 aromatic heterocycles. The number of cyclic esters (lactones) is 1. The first-order valence-electron chi connectivity index (χ1n) is 10.7. The smallest absolute Gasteiger partial charge is 0.416 e. The molecule has 2 aliphatic rings. The lowest BCUT2D eigenvalue weighted by Crippen LogP contribution is -2.31. The van der Waals surface area contributed by atoms with Gasteiger partial charge in [-0.15, -0.1) is 0 Å². The predicted octanol–water partition coefficient (Wildman–Crippen LogP) is 7.08. The molecule has 2 fully saturated rings. The number of aromatic nitrogens is 2. The molecule has 2 aliphatic heterocycles. The zero-order valence-corrected chi connectivity index (χ0v) is 19.9. The maximum atomic E-state index is 13.4. The highest BCUT2D eigenvalue weighted by Gasteiger charge is 2.52. The minimum atomic E-state index is -4.99. The first-order chi connectivity index (χ1) is 16.3. The number of fused-ring (bicyclic) bond motifs is 2. The molecule has 5 nitrogen and oxygen atoms in total. The molecule has 3 atom stereocenters. The third-order valence-corrected chi connectivity index (χ3v) is 7.24. The van der Waals surface area contributed by atoms with Gasteiger partial charge in [-0.3, -0.25) is 4.90 Å². The van der Waals surface area contributed by atoms with Gasteiger partial charge in [-0.2, -0.15) is 26.3 Å². The van der Waals surface area contributed by atoms with E-state index in [2.05, 4.69) is 15.9 Å². The van der Waals surface area contributed by atoms with Crippen LogP contribution in [0, 0.1) is 6.92 Å². The maximum absolute atomic E-state index is 13.4. The Bertz CT molecular complexity index is 1320. The Balaban J connectivity index is 1.54. The Morgan fingerprint density at radius 1 is 1.03 bits per heavy atom. The van der Waals surface area contributed by atoms with Gasteiger partial charge in [-0.25, -0.2) is 9.78 Å². The maximum Gasteiger partial charge on any atom is 0.416 e. The van der Waals surface area contributed by atoms with Crippen LogP contribution in [0.25, 0.3) is 11.0 Å². The number of nitrogens with zero attached hydrogens (tertiary/aromatic N) is 3. The van der Waals surface area contributed by atoms with Gasteiger partial charge in [0.2, 0.25) is 0 Å². The van der Waals surface area contributed by atoms with Crippen molar-refractivity contribution in [2.75, 3.05) is 0 Å². The zero-order valence-electron chi connectivity index (χ0n) is 18.3. The van der Waals surface area contributed by atoms with Gasteiger partial charge in [0, 0.05) is 23.1 Å². The molecule has 5 rings (SSSR count). The molecule has 0 N–H and O–H groups in total. The number of carbonyl (C=O) groups is 1. The van der Waals surface area contributed by atoms with Crippen LogP contribution in [-0.2, 0) is 24.1 Å². The molecule has 186 valence electrons. The number of pyridine rings is 1. The monoisotopic (exact) mass is 561 g/mol. The molecule has 1 amide bonds. The predicted molar refractivity (Wildman–Crippen MR) is 116 cm³/mol. The van der Waals surface area contributed by atoms with Gasteiger partial charge in [0.25, 0.3) is 0 Å². The third-order valence-electron chi connectivity index (χ3n) is 6.60. The third kappa shape index (κ3) is 3.95. The van der Waals surface area contributed by atoms with Gasteiger partial charge in [-0.1, -0.05) is 0 Å². The van der Waals surface area contributed by atoms with Crippen LogP contribution in [-0.4, -0.2) is 26.6 Å². The fourth-order valence-electron chi connectivity index (χ4n) is 5.05. The standard InChI is InChI=1S/C23H18BrF6N3O2/c1-10-9-32(2)20-14(10)8-15(24)18(31-20)16-3-4-17-19(35-21(34)33(16)17)11-5-12(22(25,26)27)7-13(6-11)23(28,29)30/h5-9,16-17,19H,3-4H2,1-2H3. The molecule has 0 aliphatic carbocycles. The number of hydrogen-bond acceptors (Lipinski definition) is 3. The second-order valence-corrected chi connectivity index (χ2v) is 9.72. The summed E-state index contributed by atoms with van der Waals surface area (Å²) in [7, 11) is 1.84. The fourth-order valence-corrected chi connectivity index (χ4v) is 5.64. The highest BCUT2D eigenvalue weighted by Crippen LogP contribution is 2.49. The van der Waals surface area contributed by atoms with Gasteiger partial charge < -0.3 is 9.30 Å². The second kappa shape index (κ2) is 7.87. The van der Waals surface area contributed by atoms with E-state index in [0.29, 0.717) is 40.8 Å². The number of benzene rings is 1. The van der Waals surface area contributed by atoms with Crippen molar-refractivity contribution in [3.05, 3.63) is 62.9 Å². The SMILES string of the molecule is Cc1cn(C)c2nc(C3CCC4C(c5cc(C(F)(F)F)cc(C(F)(F)F)c5)OC(=O)N34)c(Br)cc12. The van der Waals surface area contributed by atoms with Crippen LogP contribution in [0.2, 0.25) is 0 Å². The number of aryl methyl sites for hydroxylation is 2. The Morgan fingerprint density at radius 3 is 2.26 bits per heavy atom. The van der Waals surface area contributed by atoms with E-state index in [0.717, 1.165) is 10.9 Å². The molecule has 0 spiro atoms. The van der Waals surface area contributed by atoms with E-state index >= 15 is 0 Å². The Labute approximate surface area is 203 Å². The van der Waals surface area contributed by atoms with Gasteiger partial charge in [0.05, 0.1) is 28.9 Å². The second-order valence-electron chi connectivity index (χ2n) is 8.86. The van der Waals surface area contributed by atoms with Crippen molar-refractivity contribution in [1.82, 2.24) is 14.5 Å². The summed E-state index contributed by atoms with van der Waals surface area (Å²) in [5.41, 5.74) is -0.966. The van der Waals surface area contributed by atoms with E-state index in [-0.39, 0.29) is 11.6 Å². The van der Waals surface area contributed by atoms with E-state index in [4.69, 9.17) is 9.72 Å². The van der Waals surface area contributed by atoms with Crippen molar-refractivity contribution in [2.45, 2.75) is 50.3 Å². The number of rotatable bonds is 2. The van der Waals surface area contributed by atoms with E-state index < -0.39 is 47.8 Å². The molecule has 4 heterocycles. The molecule has 0 radical (unpaired) electrons. The summed E-state index contributed by atoms with van der Waals surface area (Å²) in [5, 5.41) is 0.920. The number of amides is 1. The molecule has 3 aromatic rings. The van der Waals surface area contributed by atoms with Crippen molar-refractivity contribution in [2.24, 2.45) is 7.05 Å². The first kappa shape index (κ1) is 24.0. The quantitative estimate of drug-likeness (QED) is 0.314. The van der Waals surface area contributed by atoms with Gasteiger partial charge >= 0.3 is 18.4 Å². The van der Waals surface area contributed by atoms with E-state index in [1.165, 1.54) is 4.90 Å². The first-order valence-corrected chi connectivity index (χ1v) is 11.5. The lowest BCUT2D eigenvalue weighted by molar-refractivity contribution is -0.143. The summed E-state index contributed by atoms with van der Waals surface area (Å²) < 4.78 is 88.0. The highest BCUT2D eigenvalue weighted by molar-refractivity contribution is 9.10. The average molecular weight is 562 g/mol. The molecule has 35 heavy (non-hydrogen) atoms. The summed E-state index contributed by atoms with van der Waals surface area (Å²) in [6.45, 7) is 1.94. The summed E-state index contributed by atoms with van der Waals surface area (Å²) in [4.78, 5) is 19.0. The van der Waals surface area contributed by atoms with Crippen LogP contribution in [0.4, 0.5) is 31.1 Å². The van der Waals surface area contributed by atoms with E-state index in [1.807, 2.05) is 30.8 Å². The van der Waals surface area contributed by atoms with Gasteiger partial charge in [0.1, 0.15) is 11.8 Å². The van der Waals surface area contributed by atoms with Crippen molar-refractivity contribution >= 4 is 33.1 Å². The fraction of sp³-hybridized carbons (Fsp3) is 0.391. The topological polar surface area (TPSA) is 47.4 Å². The number of ether oxygens (including phenoxy) is 1. The van der Waals surface area contributed by atoms with Gasteiger partial charge in [-0.05, 0) is 71.1 Å². The molecule has 1 aromatic carbocycles. The van der Waals surface area contributed by atoms with Crippen molar-refractivity contribution in [3.63, 3.8) is 0 Å². The normalized spacial score (nSPS) is 22.7. The van der Waals surface area contributed by atoms with Crippen LogP contribution >= 0.6 is 15.9 Å². The van der Waals surface area contributed by atoms with Crippen LogP contribution < -0.4 is 0 Å². The molecule has 0 saturated carbocycles. The van der Waals surface area contributed by atoms with Gasteiger partial charge in [0.15, 0.2) is 0 Å². The number of carbonyl (C=O) groups excluding carboxylic acids is 1. The van der Waals surface area contributed by atoms with Crippen molar-refractivity contribution in [3.8, 4) is 0 Å². The molecular weight excluding hydrogens is 544 g/mol. The average Bonchev–Trinajstić information content (AvgIpc) is 3.40. The van der Waals surface area contributed by atoms with E-state index in [9.17, 15) is 31.1 Å². The largest absolute Gasteiger partial charge is 0.439 e. The minimum Gasteiger partial charge on any atom is -0.439 e. The van der Waals surface area contributed by atoms with Crippen LogP contribution in [0.15, 0.2) is 34.9 Å². The van der Waals surface area contributed by atoms with Crippen molar-refractivity contribution < 1.29 is 35.9 Å². The Hall–Kier alpha value is -2.76. The van der Waals surface area contributed by atoms with Crippen LogP contribution in [0.5, 0.6) is 0 Å². The lowest BCUT2D eigenvalue weighted by atomic mass is 9.96. The van der Waals surface area contributed by atoms with Crippen LogP contribution in [0.3, 0.4) is 0 Å². The molecule has 12 heteroatoms.